The number of ether oxygens (including phenoxy) is 3. The fraction of sp³-hybridized carbons (Fsp3) is 0.483. The van der Waals surface area contributed by atoms with Crippen molar-refractivity contribution in [3.8, 4) is 5.75 Å². The number of nitrogen functional groups attached to an aromatic ring is 2. The Morgan fingerprint density at radius 1 is 1.06 bits per heavy atom. The number of esters is 1. The highest BCUT2D eigenvalue weighted by Gasteiger charge is 2.40. The van der Waals surface area contributed by atoms with Gasteiger partial charge in [-0.3, -0.25) is 9.59 Å². The van der Waals surface area contributed by atoms with Gasteiger partial charge in [-0.1, -0.05) is 11.6 Å². The molecule has 3 aromatic rings. The number of benzene rings is 1. The van der Waals surface area contributed by atoms with E-state index in [0.29, 0.717) is 25.2 Å². The van der Waals surface area contributed by atoms with Crippen LogP contribution < -0.4 is 31.4 Å². The molecule has 0 bridgehead atoms. The van der Waals surface area contributed by atoms with E-state index >= 15 is 0 Å². The van der Waals surface area contributed by atoms with Crippen molar-refractivity contribution in [2.45, 2.75) is 59.1 Å². The predicted octanol–water partition coefficient (Wildman–Crippen LogP) is 2.20. The summed E-state index contributed by atoms with van der Waals surface area (Å²) in [5, 5.41) is 5.49. The summed E-state index contributed by atoms with van der Waals surface area (Å²) in [6.07, 6.45) is -5.33. The number of nitrogens with two attached hydrogens (primary N) is 2. The molecule has 0 spiro atoms. The summed E-state index contributed by atoms with van der Waals surface area (Å²) in [6.45, 7) is 8.30. The van der Waals surface area contributed by atoms with Crippen molar-refractivity contribution >= 4 is 58.1 Å². The number of nitrogens with one attached hydrogen (secondary N) is 2. The molecule has 2 heterocycles. The van der Waals surface area contributed by atoms with E-state index in [0.717, 1.165) is 11.0 Å². The van der Waals surface area contributed by atoms with Crippen LogP contribution in [0.1, 0.15) is 44.0 Å². The van der Waals surface area contributed by atoms with E-state index in [1.54, 1.807) is 45.6 Å². The lowest BCUT2D eigenvalue weighted by molar-refractivity contribution is -0.667. The highest BCUT2D eigenvalue weighted by Crippen LogP contribution is 2.22. The third kappa shape index (κ3) is 11.3. The van der Waals surface area contributed by atoms with Crippen LogP contribution in [0.3, 0.4) is 0 Å². The van der Waals surface area contributed by atoms with E-state index in [1.807, 2.05) is 23.6 Å². The van der Waals surface area contributed by atoms with Crippen molar-refractivity contribution in [2.24, 2.45) is 0 Å². The van der Waals surface area contributed by atoms with Gasteiger partial charge < -0.3 is 41.2 Å². The number of imidazole rings is 1. The summed E-state index contributed by atoms with van der Waals surface area (Å²) in [7, 11) is 3.85. The molecule has 6 N–H and O–H groups in total. The molecule has 20 heteroatoms. The van der Waals surface area contributed by atoms with Gasteiger partial charge in [0.25, 0.3) is 17.6 Å². The van der Waals surface area contributed by atoms with Gasteiger partial charge in [0.1, 0.15) is 17.9 Å². The minimum absolute atomic E-state index is 0.0292. The fourth-order valence-electron chi connectivity index (χ4n) is 4.18. The van der Waals surface area contributed by atoms with Crippen molar-refractivity contribution in [2.75, 3.05) is 45.8 Å². The van der Waals surface area contributed by atoms with Crippen LogP contribution in [-0.4, -0.2) is 89.4 Å². The lowest BCUT2D eigenvalue weighted by Gasteiger charge is -2.24. The Balaban J connectivity index is 0.000000924. The number of amides is 3. The summed E-state index contributed by atoms with van der Waals surface area (Å²) < 4.78 is 50.8. The largest absolute Gasteiger partial charge is 0.497 e. The van der Waals surface area contributed by atoms with Crippen LogP contribution in [0.25, 0.3) is 11.0 Å². The molecule has 16 nitrogen and oxygen atoms in total. The van der Waals surface area contributed by atoms with Crippen LogP contribution in [0.5, 0.6) is 5.75 Å². The first-order valence-electron chi connectivity index (χ1n) is 14.6. The number of carbonyl (C=O) groups is 4. The van der Waals surface area contributed by atoms with Gasteiger partial charge >= 0.3 is 18.2 Å². The summed E-state index contributed by atoms with van der Waals surface area (Å²) in [5.41, 5.74) is 12.2. The van der Waals surface area contributed by atoms with Crippen molar-refractivity contribution in [3.63, 3.8) is 0 Å². The maximum absolute atomic E-state index is 13.0. The van der Waals surface area contributed by atoms with Gasteiger partial charge in [-0.15, -0.1) is 0 Å². The topological polar surface area (TPSA) is 210 Å². The Kier molecular flexibility index (Phi) is 13.8. The van der Waals surface area contributed by atoms with E-state index in [2.05, 4.69) is 25.3 Å². The SMILES string of the molecule is CCn1c(CNC(=O)c2nc(Cl)c(N)nc2N)[n+](CC(=O)NCCN(C)C(=O)OC(C)(C)C)c2ccc(OC)cc21.COC(=O)C(F)(F)F. The Hall–Kier alpha value is -5.07. The number of anilines is 2. The van der Waals surface area contributed by atoms with E-state index in [4.69, 9.17) is 32.5 Å². The molecule has 0 aliphatic heterocycles. The Morgan fingerprint density at radius 3 is 2.24 bits per heavy atom. The van der Waals surface area contributed by atoms with Gasteiger partial charge in [0, 0.05) is 26.2 Å². The quantitative estimate of drug-likeness (QED) is 0.176. The molecule has 0 radical (unpaired) electrons. The zero-order valence-corrected chi connectivity index (χ0v) is 28.8. The summed E-state index contributed by atoms with van der Waals surface area (Å²) in [5.74, 6) is -2.02. The number of alkyl halides is 3. The van der Waals surface area contributed by atoms with E-state index in [9.17, 15) is 32.3 Å². The smallest absolute Gasteiger partial charge is 0.490 e. The zero-order valence-electron chi connectivity index (χ0n) is 28.0. The van der Waals surface area contributed by atoms with Crippen LogP contribution in [0.2, 0.25) is 5.15 Å². The van der Waals surface area contributed by atoms with Gasteiger partial charge in [0.05, 0.1) is 20.8 Å². The molecule has 3 amide bonds. The number of hydrogen-bond donors (Lipinski definition) is 4. The van der Waals surface area contributed by atoms with Gasteiger partial charge in [0.2, 0.25) is 0 Å². The molecule has 0 unspecified atom stereocenters. The van der Waals surface area contributed by atoms with Gasteiger partial charge in [-0.05, 0) is 39.8 Å². The zero-order chi connectivity index (χ0) is 37.3. The lowest BCUT2D eigenvalue weighted by Crippen LogP contribution is -2.48. The molecule has 3 rings (SSSR count). The summed E-state index contributed by atoms with van der Waals surface area (Å²) >= 11 is 5.94. The Labute approximate surface area is 284 Å². The number of rotatable bonds is 10. The van der Waals surface area contributed by atoms with Gasteiger partial charge in [-0.2, -0.15) is 13.2 Å². The number of likely N-dealkylation sites (N-methyl/N-ethyl adjacent to an activating group) is 1. The van der Waals surface area contributed by atoms with E-state index in [1.165, 1.54) is 4.90 Å². The van der Waals surface area contributed by atoms with Crippen LogP contribution in [0, 0.1) is 0 Å². The average Bonchev–Trinajstić information content (AvgIpc) is 3.30. The van der Waals surface area contributed by atoms with Crippen molar-refractivity contribution in [3.05, 3.63) is 34.9 Å². The number of methoxy groups -OCH3 is 2. The maximum Gasteiger partial charge on any atom is 0.490 e. The van der Waals surface area contributed by atoms with Gasteiger partial charge in [0.15, 0.2) is 40.1 Å². The number of carbonyl (C=O) groups excluding carboxylic acids is 4. The molecule has 2 aromatic heterocycles. The number of aryl methyl sites for hydroxylation is 1. The molecule has 0 aliphatic rings. The molecule has 0 saturated heterocycles. The van der Waals surface area contributed by atoms with Crippen LogP contribution in [-0.2, 0) is 38.7 Å². The van der Waals surface area contributed by atoms with Crippen molar-refractivity contribution in [1.82, 2.24) is 30.1 Å². The summed E-state index contributed by atoms with van der Waals surface area (Å²) in [4.78, 5) is 56.9. The third-order valence-electron chi connectivity index (χ3n) is 6.42. The standard InChI is InChI=1S/C26H36ClN9O5.C3H3F3O2/c1-7-35-17-12-15(40-6)8-9-16(17)36(14-18(37)30-10-11-34(5)25(39)41-26(2,3)4)19(35)13-31-24(38)20-22(28)33-23(29)21(27)32-20;1-8-2(7)3(4,5)6/h8-9,12H,7,10-11,13-14H2,1-6H3,(H5-,28,29,30,31,33,37,38);1H3/p+1. The second-order valence-corrected chi connectivity index (χ2v) is 11.5. The first kappa shape index (κ1) is 40.1. The molecule has 0 aliphatic carbocycles. The Morgan fingerprint density at radius 2 is 1.71 bits per heavy atom. The van der Waals surface area contributed by atoms with Crippen molar-refractivity contribution < 1.29 is 51.1 Å². The van der Waals surface area contributed by atoms with Gasteiger partial charge in [-0.25, -0.2) is 28.7 Å². The highest BCUT2D eigenvalue weighted by molar-refractivity contribution is 6.31. The molecule has 270 valence electrons. The molecule has 0 atom stereocenters. The molecule has 0 saturated carbocycles. The first-order valence-corrected chi connectivity index (χ1v) is 14.9. The number of halogens is 4. The van der Waals surface area contributed by atoms with Crippen LogP contribution in [0.4, 0.5) is 29.6 Å². The second-order valence-electron chi connectivity index (χ2n) is 11.2. The molecule has 1 aromatic carbocycles. The van der Waals surface area contributed by atoms with Crippen LogP contribution >= 0.6 is 11.6 Å². The first-order chi connectivity index (χ1) is 22.7. The number of aromatic nitrogens is 4. The minimum atomic E-state index is -4.85. The monoisotopic (exact) mass is 718 g/mol. The predicted molar refractivity (Wildman–Crippen MR) is 171 cm³/mol. The maximum atomic E-state index is 13.0. The highest BCUT2D eigenvalue weighted by atomic mass is 35.5. The number of nitrogens with zero attached hydrogens (tertiary/aromatic N) is 5. The molecular weight excluding hydrogens is 679 g/mol. The van der Waals surface area contributed by atoms with E-state index in [-0.39, 0.29) is 54.6 Å². The molecular formula is C29H40ClF3N9O7+. The third-order valence-corrected chi connectivity index (χ3v) is 6.70. The normalized spacial score (nSPS) is 11.2. The summed E-state index contributed by atoms with van der Waals surface area (Å²) in [6, 6.07) is 5.50. The lowest BCUT2D eigenvalue weighted by atomic mass is 10.2. The van der Waals surface area contributed by atoms with Crippen molar-refractivity contribution in [1.29, 1.82) is 0 Å². The average molecular weight is 719 g/mol. The van der Waals surface area contributed by atoms with E-state index < -0.39 is 29.7 Å². The Bertz CT molecular complexity index is 1680. The second kappa shape index (κ2) is 16.8. The fourth-order valence-corrected chi connectivity index (χ4v) is 4.31. The number of fused-ring (bicyclic) bond motifs is 1. The molecule has 49 heavy (non-hydrogen) atoms. The minimum Gasteiger partial charge on any atom is -0.497 e. The molecule has 0 fully saturated rings. The number of hydrogen-bond acceptors (Lipinski definition) is 11. The van der Waals surface area contributed by atoms with Crippen LogP contribution in [0.15, 0.2) is 18.2 Å².